The minimum absolute atomic E-state index is 0.0187. The summed E-state index contributed by atoms with van der Waals surface area (Å²) in [5.41, 5.74) is -1.14. The van der Waals surface area contributed by atoms with Crippen molar-refractivity contribution >= 4 is 93.5 Å². The average Bonchev–Trinajstić information content (AvgIpc) is 3.81. The van der Waals surface area contributed by atoms with Gasteiger partial charge in [0.15, 0.2) is 11.5 Å². The molecule has 0 heterocycles. The van der Waals surface area contributed by atoms with Crippen molar-refractivity contribution in [3.63, 3.8) is 0 Å². The predicted molar refractivity (Wildman–Crippen MR) is 193 cm³/mol. The second-order valence-electron chi connectivity index (χ2n) is 14.0. The second kappa shape index (κ2) is 17.5. The van der Waals surface area contributed by atoms with E-state index in [-0.39, 0.29) is 54.2 Å². The second-order valence-corrected chi connectivity index (χ2v) is 16.3. The molecule has 0 radical (unpaired) electrons. The summed E-state index contributed by atoms with van der Waals surface area (Å²) in [4.78, 5) is 52.4. The Labute approximate surface area is 317 Å². The SMILES string of the molecule is CCC(C)CC(C)(C)CCOC(=O)c1c(Cl)c(Cl)cc(Cl)c1OC(=O)C(=O)Oc1c(Cl)cc(Cl)c(Cl)c1C(=O)OCCC(C)(C)CC1CC1. The highest BCUT2D eigenvalue weighted by Gasteiger charge is 2.34. The number of carbonyl (C=O) groups is 4. The summed E-state index contributed by atoms with van der Waals surface area (Å²) in [7, 11) is 0. The quantitative estimate of drug-likeness (QED) is 0.0759. The third-order valence-electron chi connectivity index (χ3n) is 8.38. The van der Waals surface area contributed by atoms with Gasteiger partial charge in [0.25, 0.3) is 0 Å². The first-order valence-electron chi connectivity index (χ1n) is 15.9. The number of benzene rings is 2. The number of rotatable bonds is 15. The van der Waals surface area contributed by atoms with E-state index in [1.807, 2.05) is 0 Å². The zero-order chi connectivity index (χ0) is 36.8. The summed E-state index contributed by atoms with van der Waals surface area (Å²) in [6.45, 7) is 12.6. The highest BCUT2D eigenvalue weighted by atomic mass is 35.5. The average molecular weight is 801 g/mol. The Bertz CT molecular complexity index is 1580. The van der Waals surface area contributed by atoms with E-state index in [0.29, 0.717) is 24.7 Å². The van der Waals surface area contributed by atoms with Crippen LogP contribution in [0.3, 0.4) is 0 Å². The van der Waals surface area contributed by atoms with Crippen LogP contribution in [0.5, 0.6) is 11.5 Å². The van der Waals surface area contributed by atoms with Crippen molar-refractivity contribution in [2.24, 2.45) is 22.7 Å². The summed E-state index contributed by atoms with van der Waals surface area (Å²) in [6.07, 6.45) is 6.40. The zero-order valence-corrected chi connectivity index (χ0v) is 32.7. The molecule has 2 aromatic carbocycles. The lowest BCUT2D eigenvalue weighted by molar-refractivity contribution is -0.156. The van der Waals surface area contributed by atoms with Crippen LogP contribution in [-0.4, -0.2) is 37.1 Å². The molecule has 0 saturated heterocycles. The summed E-state index contributed by atoms with van der Waals surface area (Å²) in [5, 5.41) is -1.51. The normalized spacial score (nSPS) is 13.9. The highest BCUT2D eigenvalue weighted by molar-refractivity contribution is 6.47. The van der Waals surface area contributed by atoms with Gasteiger partial charge in [-0.05, 0) is 60.5 Å². The molecule has 1 saturated carbocycles. The fourth-order valence-corrected chi connectivity index (χ4v) is 6.81. The van der Waals surface area contributed by atoms with Crippen LogP contribution in [0.15, 0.2) is 12.1 Å². The summed E-state index contributed by atoms with van der Waals surface area (Å²) in [5.74, 6) is -5.27. The molecule has 14 heteroatoms. The number of hydrogen-bond acceptors (Lipinski definition) is 8. The van der Waals surface area contributed by atoms with Crippen LogP contribution in [0.4, 0.5) is 0 Å². The van der Waals surface area contributed by atoms with Crippen LogP contribution < -0.4 is 9.47 Å². The van der Waals surface area contributed by atoms with Gasteiger partial charge in [0.2, 0.25) is 0 Å². The molecule has 270 valence electrons. The lowest BCUT2D eigenvalue weighted by atomic mass is 9.80. The Morgan fingerprint density at radius 3 is 1.51 bits per heavy atom. The molecule has 1 aliphatic carbocycles. The van der Waals surface area contributed by atoms with Gasteiger partial charge in [-0.1, -0.05) is 130 Å². The molecular formula is C35H40Cl6O8. The molecule has 1 atom stereocenters. The van der Waals surface area contributed by atoms with E-state index < -0.39 is 46.5 Å². The molecule has 0 aliphatic heterocycles. The van der Waals surface area contributed by atoms with Gasteiger partial charge in [-0.2, -0.15) is 0 Å². The number of carbonyl (C=O) groups excluding carboxylic acids is 4. The van der Waals surface area contributed by atoms with Gasteiger partial charge >= 0.3 is 23.9 Å². The fraction of sp³-hybridized carbons (Fsp3) is 0.543. The predicted octanol–water partition coefficient (Wildman–Crippen LogP) is 11.5. The van der Waals surface area contributed by atoms with Crippen molar-refractivity contribution in [3.05, 3.63) is 53.4 Å². The number of ether oxygens (including phenoxy) is 4. The Morgan fingerprint density at radius 1 is 0.714 bits per heavy atom. The van der Waals surface area contributed by atoms with Crippen LogP contribution in [0, 0.1) is 22.7 Å². The summed E-state index contributed by atoms with van der Waals surface area (Å²) in [6, 6.07) is 2.25. The van der Waals surface area contributed by atoms with Crippen molar-refractivity contribution < 1.29 is 38.1 Å². The van der Waals surface area contributed by atoms with Crippen molar-refractivity contribution in [3.8, 4) is 11.5 Å². The van der Waals surface area contributed by atoms with E-state index >= 15 is 0 Å². The lowest BCUT2D eigenvalue weighted by Crippen LogP contribution is -2.27. The van der Waals surface area contributed by atoms with Gasteiger partial charge < -0.3 is 18.9 Å². The number of halogens is 6. The number of esters is 4. The van der Waals surface area contributed by atoms with E-state index in [2.05, 4.69) is 41.5 Å². The minimum atomic E-state index is -1.65. The van der Waals surface area contributed by atoms with Gasteiger partial charge in [0.05, 0.1) is 43.3 Å². The molecule has 49 heavy (non-hydrogen) atoms. The maximum Gasteiger partial charge on any atom is 0.423 e. The van der Waals surface area contributed by atoms with Gasteiger partial charge in [-0.25, -0.2) is 19.2 Å². The molecule has 2 aromatic rings. The largest absolute Gasteiger partial charge is 0.462 e. The van der Waals surface area contributed by atoms with Gasteiger partial charge in [0, 0.05) is 0 Å². The lowest BCUT2D eigenvalue weighted by Gasteiger charge is -2.27. The molecule has 1 unspecified atom stereocenters. The van der Waals surface area contributed by atoms with Gasteiger partial charge in [-0.3, -0.25) is 0 Å². The van der Waals surface area contributed by atoms with E-state index in [1.54, 1.807) is 0 Å². The van der Waals surface area contributed by atoms with Crippen LogP contribution in [0.25, 0.3) is 0 Å². The molecular weight excluding hydrogens is 761 g/mol. The molecule has 0 amide bonds. The fourth-order valence-electron chi connectivity index (χ4n) is 5.37. The van der Waals surface area contributed by atoms with Crippen molar-refractivity contribution in [1.82, 2.24) is 0 Å². The van der Waals surface area contributed by atoms with Crippen LogP contribution in [0.2, 0.25) is 30.1 Å². The van der Waals surface area contributed by atoms with Crippen LogP contribution >= 0.6 is 69.6 Å². The number of hydrogen-bond donors (Lipinski definition) is 0. The minimum Gasteiger partial charge on any atom is -0.462 e. The van der Waals surface area contributed by atoms with Gasteiger partial charge in [-0.15, -0.1) is 0 Å². The van der Waals surface area contributed by atoms with E-state index in [1.165, 1.54) is 12.8 Å². The zero-order valence-electron chi connectivity index (χ0n) is 28.2. The van der Waals surface area contributed by atoms with E-state index in [9.17, 15) is 19.2 Å². The monoisotopic (exact) mass is 798 g/mol. The maximum absolute atomic E-state index is 13.2. The third-order valence-corrected chi connectivity index (χ3v) is 10.5. The smallest absolute Gasteiger partial charge is 0.423 e. The van der Waals surface area contributed by atoms with Crippen molar-refractivity contribution in [2.75, 3.05) is 13.2 Å². The molecule has 0 N–H and O–H groups in total. The first-order valence-corrected chi connectivity index (χ1v) is 18.2. The highest BCUT2D eigenvalue weighted by Crippen LogP contribution is 2.43. The molecule has 1 fully saturated rings. The third kappa shape index (κ3) is 11.8. The summed E-state index contributed by atoms with van der Waals surface area (Å²) >= 11 is 37.5. The molecule has 0 bridgehead atoms. The van der Waals surface area contributed by atoms with Crippen molar-refractivity contribution in [2.45, 2.75) is 86.5 Å². The van der Waals surface area contributed by atoms with Crippen molar-refractivity contribution in [1.29, 1.82) is 0 Å². The topological polar surface area (TPSA) is 105 Å². The Balaban J connectivity index is 1.78. The molecule has 0 spiro atoms. The first-order chi connectivity index (χ1) is 22.8. The van der Waals surface area contributed by atoms with Gasteiger partial charge in [0.1, 0.15) is 11.1 Å². The standard InChI is InChI=1S/C35H40Cl6O8/c1-7-18(2)16-34(3,4)10-12-46-30(42)24-26(40)20(36)14-22(38)28(24)48-32(44)33(45)49-29-23(39)15-21(37)27(41)25(29)31(43)47-13-11-35(5,6)17-19-8-9-19/h14-15,18-19H,7-13,16-17H2,1-6H3. The molecule has 8 nitrogen and oxygen atoms in total. The molecule has 0 aromatic heterocycles. The Morgan fingerprint density at radius 2 is 1.12 bits per heavy atom. The van der Waals surface area contributed by atoms with Crippen LogP contribution in [-0.2, 0) is 19.1 Å². The van der Waals surface area contributed by atoms with E-state index in [0.717, 1.165) is 31.4 Å². The summed E-state index contributed by atoms with van der Waals surface area (Å²) < 4.78 is 21.3. The molecule has 3 rings (SSSR count). The molecule has 1 aliphatic rings. The Kier molecular flexibility index (Phi) is 14.8. The maximum atomic E-state index is 13.2. The first kappa shape index (κ1) is 41.5. The van der Waals surface area contributed by atoms with E-state index in [4.69, 9.17) is 88.6 Å². The Hall–Kier alpha value is -1.94. The van der Waals surface area contributed by atoms with Crippen LogP contribution in [0.1, 0.15) is 107 Å².